The normalized spacial score (nSPS) is 19.7. The number of hydrogen-bond donors (Lipinski definition) is 1. The molecule has 0 spiro atoms. The van der Waals surface area contributed by atoms with E-state index in [-0.39, 0.29) is 12.0 Å². The van der Waals surface area contributed by atoms with Crippen LogP contribution in [0.3, 0.4) is 0 Å². The summed E-state index contributed by atoms with van der Waals surface area (Å²) in [4.78, 5) is 12.9. The first-order valence-corrected chi connectivity index (χ1v) is 6.59. The maximum absolute atomic E-state index is 11.8. The van der Waals surface area contributed by atoms with Crippen molar-refractivity contribution in [2.24, 2.45) is 0 Å². The number of hydrogen-bond acceptors (Lipinski definition) is 3. The van der Waals surface area contributed by atoms with Crippen LogP contribution in [-0.2, 0) is 9.53 Å². The van der Waals surface area contributed by atoms with E-state index in [9.17, 15) is 4.79 Å². The van der Waals surface area contributed by atoms with Crippen molar-refractivity contribution < 1.29 is 9.53 Å². The number of ether oxygens (including phenoxy) is 1. The summed E-state index contributed by atoms with van der Waals surface area (Å²) in [5, 5.41) is 2.92. The van der Waals surface area contributed by atoms with Crippen molar-refractivity contribution in [3.8, 4) is 0 Å². The van der Waals surface area contributed by atoms with Gasteiger partial charge in [0.05, 0.1) is 5.69 Å². The molecule has 1 aromatic rings. The van der Waals surface area contributed by atoms with Crippen molar-refractivity contribution >= 4 is 23.4 Å². The standard InChI is InChI=1S/C12H15NO2S/c1-16-11-7-3-2-5-9(11)13-12(14)10-6-4-8-15-10/h2-3,5,7,10H,4,6,8H2,1H3,(H,13,14)/t10-/m1/s1. The van der Waals surface area contributed by atoms with Gasteiger partial charge in [-0.05, 0) is 31.2 Å². The summed E-state index contributed by atoms with van der Waals surface area (Å²) in [6.07, 6.45) is 3.53. The van der Waals surface area contributed by atoms with E-state index < -0.39 is 0 Å². The molecule has 0 aromatic heterocycles. The van der Waals surface area contributed by atoms with Crippen LogP contribution in [-0.4, -0.2) is 24.9 Å². The molecule has 1 aromatic carbocycles. The van der Waals surface area contributed by atoms with Gasteiger partial charge in [0, 0.05) is 11.5 Å². The van der Waals surface area contributed by atoms with Gasteiger partial charge in [0.15, 0.2) is 0 Å². The highest BCUT2D eigenvalue weighted by Gasteiger charge is 2.23. The predicted octanol–water partition coefficient (Wildman–Crippen LogP) is 2.53. The van der Waals surface area contributed by atoms with Crippen molar-refractivity contribution in [3.63, 3.8) is 0 Å². The molecule has 1 aliphatic heterocycles. The van der Waals surface area contributed by atoms with E-state index in [1.165, 1.54) is 0 Å². The Hall–Kier alpha value is -1.00. The number of para-hydroxylation sites is 1. The quantitative estimate of drug-likeness (QED) is 0.821. The molecular weight excluding hydrogens is 222 g/mol. The maximum Gasteiger partial charge on any atom is 0.253 e. The lowest BCUT2D eigenvalue weighted by Crippen LogP contribution is -2.27. The van der Waals surface area contributed by atoms with Crippen molar-refractivity contribution in [1.82, 2.24) is 0 Å². The Morgan fingerprint density at radius 2 is 2.31 bits per heavy atom. The molecule has 16 heavy (non-hydrogen) atoms. The Morgan fingerprint density at radius 3 is 3.00 bits per heavy atom. The van der Waals surface area contributed by atoms with Crippen molar-refractivity contribution in [2.75, 3.05) is 18.2 Å². The van der Waals surface area contributed by atoms with Crippen LogP contribution in [0.4, 0.5) is 5.69 Å². The molecule has 1 heterocycles. The van der Waals surface area contributed by atoms with Gasteiger partial charge in [-0.1, -0.05) is 12.1 Å². The number of benzene rings is 1. The van der Waals surface area contributed by atoms with Crippen LogP contribution in [0, 0.1) is 0 Å². The van der Waals surface area contributed by atoms with Gasteiger partial charge < -0.3 is 10.1 Å². The fraction of sp³-hybridized carbons (Fsp3) is 0.417. The Labute approximate surface area is 99.6 Å². The van der Waals surface area contributed by atoms with Crippen molar-refractivity contribution in [3.05, 3.63) is 24.3 Å². The number of carbonyl (C=O) groups is 1. The van der Waals surface area contributed by atoms with Gasteiger partial charge in [-0.25, -0.2) is 0 Å². The highest BCUT2D eigenvalue weighted by atomic mass is 32.2. The zero-order chi connectivity index (χ0) is 11.4. The van der Waals surface area contributed by atoms with E-state index >= 15 is 0 Å². The average Bonchev–Trinajstić information content (AvgIpc) is 2.83. The number of thioether (sulfide) groups is 1. The van der Waals surface area contributed by atoms with Crippen LogP contribution in [0.5, 0.6) is 0 Å². The maximum atomic E-state index is 11.8. The molecule has 2 rings (SSSR count). The van der Waals surface area contributed by atoms with Gasteiger partial charge >= 0.3 is 0 Å². The minimum absolute atomic E-state index is 0.0287. The molecule has 1 aliphatic rings. The Kier molecular flexibility index (Phi) is 3.85. The van der Waals surface area contributed by atoms with Gasteiger partial charge in [0.2, 0.25) is 0 Å². The lowest BCUT2D eigenvalue weighted by molar-refractivity contribution is -0.124. The molecule has 1 fully saturated rings. The monoisotopic (exact) mass is 237 g/mol. The number of rotatable bonds is 3. The first kappa shape index (κ1) is 11.5. The largest absolute Gasteiger partial charge is 0.368 e. The number of anilines is 1. The second-order valence-electron chi connectivity index (χ2n) is 3.69. The summed E-state index contributed by atoms with van der Waals surface area (Å²) >= 11 is 1.62. The molecule has 1 amide bonds. The lowest BCUT2D eigenvalue weighted by atomic mass is 10.2. The topological polar surface area (TPSA) is 38.3 Å². The fourth-order valence-electron chi connectivity index (χ4n) is 1.75. The molecule has 1 N–H and O–H groups in total. The number of carbonyl (C=O) groups excluding carboxylic acids is 1. The first-order valence-electron chi connectivity index (χ1n) is 5.37. The van der Waals surface area contributed by atoms with Crippen LogP contribution in [0.1, 0.15) is 12.8 Å². The molecule has 1 saturated heterocycles. The predicted molar refractivity (Wildman–Crippen MR) is 65.8 cm³/mol. The Bertz CT molecular complexity index is 375. The van der Waals surface area contributed by atoms with Crippen LogP contribution in [0.2, 0.25) is 0 Å². The molecule has 0 bridgehead atoms. The van der Waals surface area contributed by atoms with Crippen molar-refractivity contribution in [2.45, 2.75) is 23.8 Å². The van der Waals surface area contributed by atoms with Gasteiger partial charge in [0.25, 0.3) is 5.91 Å². The van der Waals surface area contributed by atoms with Crippen LogP contribution in [0.15, 0.2) is 29.2 Å². The molecule has 4 heteroatoms. The summed E-state index contributed by atoms with van der Waals surface area (Å²) < 4.78 is 5.34. The molecule has 3 nitrogen and oxygen atoms in total. The molecule has 0 saturated carbocycles. The summed E-state index contributed by atoms with van der Waals surface area (Å²) in [7, 11) is 0. The second kappa shape index (κ2) is 5.37. The van der Waals surface area contributed by atoms with Crippen LogP contribution >= 0.6 is 11.8 Å². The number of amides is 1. The van der Waals surface area contributed by atoms with Gasteiger partial charge in [-0.2, -0.15) is 0 Å². The summed E-state index contributed by atoms with van der Waals surface area (Å²) in [6.45, 7) is 0.697. The molecule has 0 unspecified atom stereocenters. The molecular formula is C12H15NO2S. The van der Waals surface area contributed by atoms with E-state index in [0.717, 1.165) is 23.4 Å². The summed E-state index contributed by atoms with van der Waals surface area (Å²) in [6, 6.07) is 7.80. The van der Waals surface area contributed by atoms with Gasteiger partial charge in [-0.3, -0.25) is 4.79 Å². The minimum atomic E-state index is -0.269. The SMILES string of the molecule is CSc1ccccc1NC(=O)[C@H]1CCCO1. The Morgan fingerprint density at radius 1 is 1.50 bits per heavy atom. The Balaban J connectivity index is 2.05. The average molecular weight is 237 g/mol. The minimum Gasteiger partial charge on any atom is -0.368 e. The summed E-state index contributed by atoms with van der Waals surface area (Å²) in [5.41, 5.74) is 0.871. The van der Waals surface area contributed by atoms with E-state index in [1.807, 2.05) is 30.5 Å². The molecule has 86 valence electrons. The zero-order valence-electron chi connectivity index (χ0n) is 9.23. The lowest BCUT2D eigenvalue weighted by Gasteiger charge is -2.12. The smallest absolute Gasteiger partial charge is 0.253 e. The van der Waals surface area contributed by atoms with Crippen LogP contribution < -0.4 is 5.32 Å². The van der Waals surface area contributed by atoms with Crippen LogP contribution in [0.25, 0.3) is 0 Å². The van der Waals surface area contributed by atoms with E-state index in [1.54, 1.807) is 11.8 Å². The summed E-state index contributed by atoms with van der Waals surface area (Å²) in [5.74, 6) is -0.0287. The molecule has 0 radical (unpaired) electrons. The molecule has 1 atom stereocenters. The van der Waals surface area contributed by atoms with E-state index in [4.69, 9.17) is 4.74 Å². The van der Waals surface area contributed by atoms with E-state index in [0.29, 0.717) is 6.61 Å². The highest BCUT2D eigenvalue weighted by Crippen LogP contribution is 2.25. The van der Waals surface area contributed by atoms with Gasteiger partial charge in [-0.15, -0.1) is 11.8 Å². The number of nitrogens with one attached hydrogen (secondary N) is 1. The zero-order valence-corrected chi connectivity index (χ0v) is 10.0. The fourth-order valence-corrected chi connectivity index (χ4v) is 2.30. The van der Waals surface area contributed by atoms with E-state index in [2.05, 4.69) is 5.32 Å². The molecule has 0 aliphatic carbocycles. The van der Waals surface area contributed by atoms with Crippen molar-refractivity contribution in [1.29, 1.82) is 0 Å². The third-order valence-corrected chi connectivity index (χ3v) is 3.38. The third-order valence-electron chi connectivity index (χ3n) is 2.59. The second-order valence-corrected chi connectivity index (χ2v) is 4.54. The highest BCUT2D eigenvalue weighted by molar-refractivity contribution is 7.98. The first-order chi connectivity index (χ1) is 7.81. The third kappa shape index (κ3) is 2.57. The van der Waals surface area contributed by atoms with Gasteiger partial charge in [0.1, 0.15) is 6.10 Å².